The highest BCUT2D eigenvalue weighted by Gasteiger charge is 2.30. The van der Waals surface area contributed by atoms with E-state index in [1.54, 1.807) is 18.2 Å². The van der Waals surface area contributed by atoms with Crippen LogP contribution in [0.5, 0.6) is 0 Å². The van der Waals surface area contributed by atoms with Crippen molar-refractivity contribution < 1.29 is 60.6 Å². The second-order valence-corrected chi connectivity index (χ2v) is 10.6. The average molecular weight is 788 g/mol. The van der Waals surface area contributed by atoms with Gasteiger partial charge in [0.2, 0.25) is 0 Å². The van der Waals surface area contributed by atoms with Gasteiger partial charge in [0, 0.05) is 10.1 Å². The van der Waals surface area contributed by atoms with Crippen molar-refractivity contribution in [3.8, 4) is 0 Å². The van der Waals surface area contributed by atoms with E-state index in [1.807, 2.05) is 0 Å². The number of ether oxygens (including phenoxy) is 9. The van der Waals surface area contributed by atoms with Gasteiger partial charge < -0.3 is 47.9 Å². The van der Waals surface area contributed by atoms with E-state index >= 15 is 0 Å². The Bertz CT molecular complexity index is 1080. The van der Waals surface area contributed by atoms with Crippen LogP contribution in [0.2, 0.25) is 0 Å². The fourth-order valence-electron chi connectivity index (χ4n) is 3.67. The predicted molar refractivity (Wildman–Crippen MR) is 177 cm³/mol. The first-order chi connectivity index (χ1) is 22.9. The third kappa shape index (κ3) is 20.8. The van der Waals surface area contributed by atoms with Crippen LogP contribution in [0.15, 0.2) is 48.5 Å². The van der Waals surface area contributed by atoms with Crippen LogP contribution < -0.4 is 5.32 Å². The van der Waals surface area contributed by atoms with Crippen LogP contribution in [-0.4, -0.2) is 123 Å². The second kappa shape index (κ2) is 26.8. The Balaban J connectivity index is 1.37. The minimum absolute atomic E-state index is 0.00370. The maximum absolute atomic E-state index is 13.0. The van der Waals surface area contributed by atoms with Crippen LogP contribution in [-0.2, 0) is 48.8 Å². The number of hydrogen-bond donors (Lipinski definition) is 1. The highest BCUT2D eigenvalue weighted by atomic mass is 127. The molecule has 0 bridgehead atoms. The Hall–Kier alpha value is -2.09. The summed E-state index contributed by atoms with van der Waals surface area (Å²) in [6.45, 7) is 7.43. The van der Waals surface area contributed by atoms with Crippen molar-refractivity contribution in [3.05, 3.63) is 59.7 Å². The van der Waals surface area contributed by atoms with E-state index in [4.69, 9.17) is 42.6 Å². The summed E-state index contributed by atoms with van der Waals surface area (Å²) in [6.07, 6.45) is -4.47. The van der Waals surface area contributed by atoms with Gasteiger partial charge in [0.05, 0.1) is 123 Å². The number of rotatable bonds is 29. The van der Waals surface area contributed by atoms with Crippen LogP contribution in [0.3, 0.4) is 0 Å². The van der Waals surface area contributed by atoms with Crippen molar-refractivity contribution in [1.29, 1.82) is 0 Å². The third-order valence-electron chi connectivity index (χ3n) is 5.90. The Kier molecular flexibility index (Phi) is 23.4. The van der Waals surface area contributed by atoms with E-state index in [2.05, 4.69) is 27.9 Å². The molecule has 0 aliphatic rings. The predicted octanol–water partition coefficient (Wildman–Crippen LogP) is 5.17. The zero-order valence-corrected chi connectivity index (χ0v) is 28.6. The number of esters is 1. The van der Waals surface area contributed by atoms with Gasteiger partial charge in [-0.05, 0) is 30.3 Å². The SMILES string of the molecule is O=C(OCCOCCOCCOCCOCCOCCOCCOCCOCCI)c1ccccc1Nc1cccc(C(F)(F)F)c1. The summed E-state index contributed by atoms with van der Waals surface area (Å²) in [7, 11) is 0. The van der Waals surface area contributed by atoms with Crippen molar-refractivity contribution in [2.75, 3.05) is 122 Å². The monoisotopic (exact) mass is 787 g/mol. The maximum Gasteiger partial charge on any atom is 0.416 e. The van der Waals surface area contributed by atoms with Crippen molar-refractivity contribution in [3.63, 3.8) is 0 Å². The molecule has 266 valence electrons. The largest absolute Gasteiger partial charge is 0.460 e. The Morgan fingerprint density at radius 3 is 1.45 bits per heavy atom. The molecule has 2 aromatic rings. The number of halogens is 4. The Labute approximate surface area is 287 Å². The molecule has 0 amide bonds. The zero-order chi connectivity index (χ0) is 33.8. The summed E-state index contributed by atoms with van der Waals surface area (Å²) in [6, 6.07) is 11.1. The van der Waals surface area contributed by atoms with Crippen LogP contribution in [0.25, 0.3) is 0 Å². The molecular formula is C32H45F3INO10. The molecule has 11 nitrogen and oxygen atoms in total. The van der Waals surface area contributed by atoms with Gasteiger partial charge in [-0.3, -0.25) is 0 Å². The lowest BCUT2D eigenvalue weighted by atomic mass is 10.1. The molecule has 1 N–H and O–H groups in total. The number of carbonyl (C=O) groups is 1. The highest BCUT2D eigenvalue weighted by molar-refractivity contribution is 14.1. The summed E-state index contributed by atoms with van der Waals surface area (Å²) in [5.41, 5.74) is -0.0784. The fraction of sp³-hybridized carbons (Fsp3) is 0.594. The summed E-state index contributed by atoms with van der Waals surface area (Å²) >= 11 is 2.26. The number of alkyl halides is 4. The lowest BCUT2D eigenvalue weighted by molar-refractivity contribution is -0.137. The Morgan fingerprint density at radius 1 is 0.574 bits per heavy atom. The molecule has 0 saturated heterocycles. The number of carbonyl (C=O) groups excluding carboxylic acids is 1. The molecule has 0 radical (unpaired) electrons. The molecular weight excluding hydrogens is 742 g/mol. The number of nitrogens with one attached hydrogen (secondary N) is 1. The quantitative estimate of drug-likeness (QED) is 0.0511. The van der Waals surface area contributed by atoms with Gasteiger partial charge >= 0.3 is 12.1 Å². The van der Waals surface area contributed by atoms with Crippen molar-refractivity contribution in [2.45, 2.75) is 6.18 Å². The average Bonchev–Trinajstić information content (AvgIpc) is 3.06. The van der Waals surface area contributed by atoms with Crippen molar-refractivity contribution >= 4 is 39.9 Å². The molecule has 0 aromatic heterocycles. The molecule has 0 atom stereocenters. The molecule has 0 fully saturated rings. The normalized spacial score (nSPS) is 11.6. The van der Waals surface area contributed by atoms with Gasteiger partial charge in [-0.1, -0.05) is 40.8 Å². The smallest absolute Gasteiger partial charge is 0.416 e. The van der Waals surface area contributed by atoms with Gasteiger partial charge in [0.25, 0.3) is 0 Å². The minimum atomic E-state index is -4.47. The summed E-state index contributed by atoms with van der Waals surface area (Å²) < 4.78 is 88.6. The van der Waals surface area contributed by atoms with Crippen LogP contribution in [0, 0.1) is 0 Å². The summed E-state index contributed by atoms with van der Waals surface area (Å²) in [5.74, 6) is -0.625. The van der Waals surface area contributed by atoms with Crippen LogP contribution in [0.4, 0.5) is 24.5 Å². The molecule has 0 aliphatic heterocycles. The van der Waals surface area contributed by atoms with Crippen molar-refractivity contribution in [2.24, 2.45) is 0 Å². The van der Waals surface area contributed by atoms with Gasteiger partial charge in [-0.15, -0.1) is 0 Å². The molecule has 0 spiro atoms. The molecule has 15 heteroatoms. The van der Waals surface area contributed by atoms with E-state index in [1.165, 1.54) is 18.2 Å². The summed E-state index contributed by atoms with van der Waals surface area (Å²) in [4.78, 5) is 12.6. The molecule has 0 aliphatic carbocycles. The lowest BCUT2D eigenvalue weighted by Crippen LogP contribution is -2.16. The first-order valence-corrected chi connectivity index (χ1v) is 16.8. The standard InChI is InChI=1S/C32H45F3INO10/c33-32(34,35)27-4-3-5-28(26-27)37-30-7-2-1-6-29(30)31(38)47-25-24-46-23-22-45-21-20-44-19-18-43-17-16-42-15-14-41-13-12-40-11-10-39-9-8-36/h1-7,26,37H,8-25H2. The van der Waals surface area contributed by atoms with E-state index < -0.39 is 17.7 Å². The van der Waals surface area contributed by atoms with Crippen molar-refractivity contribution in [1.82, 2.24) is 0 Å². The molecule has 2 aromatic carbocycles. The topological polar surface area (TPSA) is 112 Å². The van der Waals surface area contributed by atoms with E-state index in [0.717, 1.165) is 23.2 Å². The Morgan fingerprint density at radius 2 is 1.00 bits per heavy atom. The van der Waals surface area contributed by atoms with E-state index in [-0.39, 0.29) is 24.5 Å². The van der Waals surface area contributed by atoms with Gasteiger partial charge in [0.15, 0.2) is 0 Å². The van der Waals surface area contributed by atoms with E-state index in [0.29, 0.717) is 98.2 Å². The first kappa shape index (κ1) is 41.1. The van der Waals surface area contributed by atoms with E-state index in [9.17, 15) is 18.0 Å². The number of benzene rings is 2. The van der Waals surface area contributed by atoms with Gasteiger partial charge in [0.1, 0.15) is 6.61 Å². The molecule has 2 rings (SSSR count). The first-order valence-electron chi connectivity index (χ1n) is 15.3. The third-order valence-corrected chi connectivity index (χ3v) is 6.34. The maximum atomic E-state index is 13.0. The van der Waals surface area contributed by atoms with Crippen LogP contribution in [0.1, 0.15) is 15.9 Å². The molecule has 0 saturated carbocycles. The number of hydrogen-bond acceptors (Lipinski definition) is 11. The lowest BCUT2D eigenvalue weighted by Gasteiger charge is -2.13. The van der Waals surface area contributed by atoms with Gasteiger partial charge in [-0.2, -0.15) is 13.2 Å². The molecule has 47 heavy (non-hydrogen) atoms. The van der Waals surface area contributed by atoms with Gasteiger partial charge in [-0.25, -0.2) is 4.79 Å². The summed E-state index contributed by atoms with van der Waals surface area (Å²) in [5, 5.41) is 2.86. The fourth-order valence-corrected chi connectivity index (χ4v) is 3.98. The van der Waals surface area contributed by atoms with Crippen LogP contribution >= 0.6 is 22.6 Å². The zero-order valence-electron chi connectivity index (χ0n) is 26.4. The highest BCUT2D eigenvalue weighted by Crippen LogP contribution is 2.32. The molecule has 0 heterocycles. The minimum Gasteiger partial charge on any atom is -0.460 e. The number of anilines is 2. The second-order valence-electron chi connectivity index (χ2n) is 9.47. The molecule has 0 unspecified atom stereocenters. The number of para-hydroxylation sites is 1.